The number of Topliss-reactive ketones (excluding diaryl/α,β-unsaturated/α-hetero) is 1. The van der Waals surface area contributed by atoms with Crippen LogP contribution in [0.3, 0.4) is 0 Å². The minimum absolute atomic E-state index is 0.0895. The summed E-state index contributed by atoms with van der Waals surface area (Å²) in [5.41, 5.74) is -1.41. The third-order valence-corrected chi connectivity index (χ3v) is 11.2. The van der Waals surface area contributed by atoms with Gasteiger partial charge in [0.15, 0.2) is 5.65 Å². The number of aliphatic hydroxyl groups excluding tert-OH is 1. The number of tetrazole rings is 1. The fourth-order valence-electron chi connectivity index (χ4n) is 8.46. The molecule has 0 radical (unpaired) electrons. The maximum Gasteiger partial charge on any atom is 0.344 e. The van der Waals surface area contributed by atoms with Crippen LogP contribution in [0.1, 0.15) is 75.9 Å². The van der Waals surface area contributed by atoms with E-state index < -0.39 is 34.6 Å². The van der Waals surface area contributed by atoms with Gasteiger partial charge < -0.3 is 14.4 Å². The zero-order chi connectivity index (χ0) is 30.0. The molecule has 0 amide bonds. The van der Waals surface area contributed by atoms with Crippen molar-refractivity contribution in [3.8, 4) is 0 Å². The van der Waals surface area contributed by atoms with Gasteiger partial charge in [-0.15, -0.1) is 16.3 Å². The number of ketones is 1. The molecule has 222 valence electrons. The smallest absolute Gasteiger partial charge is 0.344 e. The highest BCUT2D eigenvalue weighted by Crippen LogP contribution is 2.68. The van der Waals surface area contributed by atoms with Crippen LogP contribution in [0.4, 0.5) is 0 Å². The van der Waals surface area contributed by atoms with E-state index in [1.165, 1.54) is 15.3 Å². The van der Waals surface area contributed by atoms with E-state index in [1.807, 2.05) is 6.92 Å². The van der Waals surface area contributed by atoms with Crippen molar-refractivity contribution in [2.24, 2.45) is 34.0 Å². The molecule has 3 heterocycles. The lowest BCUT2D eigenvalue weighted by molar-refractivity contribution is -0.192. The second kappa shape index (κ2) is 9.93. The lowest BCUT2D eigenvalue weighted by Gasteiger charge is -2.61. The molecule has 6 rings (SSSR count). The topological polar surface area (TPSA) is 142 Å². The van der Waals surface area contributed by atoms with Crippen LogP contribution in [0.25, 0.3) is 5.65 Å². The Bertz CT molecular complexity index is 1630. The Hall–Kier alpha value is -3.73. The van der Waals surface area contributed by atoms with E-state index in [1.54, 1.807) is 30.5 Å². The minimum atomic E-state index is -0.762. The predicted octanol–water partition coefficient (Wildman–Crippen LogP) is 3.25. The monoisotopic (exact) mass is 574 g/mol. The second-order valence-corrected chi connectivity index (χ2v) is 13.2. The quantitative estimate of drug-likeness (QED) is 0.359. The van der Waals surface area contributed by atoms with E-state index in [-0.39, 0.29) is 41.1 Å². The van der Waals surface area contributed by atoms with Crippen LogP contribution in [-0.4, -0.2) is 58.9 Å². The first kappa shape index (κ1) is 28.4. The fourth-order valence-corrected chi connectivity index (χ4v) is 8.46. The van der Waals surface area contributed by atoms with Gasteiger partial charge in [-0.25, -0.2) is 4.79 Å². The number of rotatable bonds is 5. The largest absolute Gasteiger partial charge is 0.458 e. The van der Waals surface area contributed by atoms with E-state index in [0.29, 0.717) is 24.2 Å². The molecule has 11 nitrogen and oxygen atoms in total. The van der Waals surface area contributed by atoms with E-state index in [9.17, 15) is 19.5 Å². The number of nitrogens with zero attached hydrogens (tertiary/aromatic N) is 6. The van der Waals surface area contributed by atoms with Crippen molar-refractivity contribution in [1.82, 2.24) is 29.8 Å². The number of carbonyl (C=O) groups excluding carboxylic acids is 2. The molecular weight excluding hydrogens is 536 g/mol. The lowest BCUT2D eigenvalue weighted by Crippen LogP contribution is -2.63. The van der Waals surface area contributed by atoms with Crippen molar-refractivity contribution in [1.29, 1.82) is 0 Å². The van der Waals surface area contributed by atoms with Gasteiger partial charge in [0.1, 0.15) is 17.5 Å². The number of aromatic nitrogens is 6. The number of esters is 1. The lowest BCUT2D eigenvalue weighted by atomic mass is 9.44. The van der Waals surface area contributed by atoms with Crippen molar-refractivity contribution in [2.75, 3.05) is 0 Å². The molecule has 11 heteroatoms. The van der Waals surface area contributed by atoms with Gasteiger partial charge in [0.25, 0.3) is 5.56 Å². The molecular formula is C31H38N6O5. The van der Waals surface area contributed by atoms with Crippen molar-refractivity contribution < 1.29 is 19.4 Å². The molecule has 0 saturated heterocycles. The number of pyridine rings is 1. The zero-order valence-corrected chi connectivity index (χ0v) is 24.6. The molecule has 0 spiro atoms. The van der Waals surface area contributed by atoms with Gasteiger partial charge in [0.2, 0.25) is 0 Å². The van der Waals surface area contributed by atoms with E-state index in [4.69, 9.17) is 4.74 Å². The average Bonchev–Trinajstić information content (AvgIpc) is 3.59. The van der Waals surface area contributed by atoms with Crippen molar-refractivity contribution in [3.63, 3.8) is 0 Å². The number of hydrogen-bond donors (Lipinski definition) is 1. The number of hydrogen-bond acceptors (Lipinski definition) is 9. The van der Waals surface area contributed by atoms with Crippen LogP contribution in [0.15, 0.2) is 47.9 Å². The first-order valence-corrected chi connectivity index (χ1v) is 14.7. The maximum absolute atomic E-state index is 13.8. The average molecular weight is 575 g/mol. The van der Waals surface area contributed by atoms with Crippen molar-refractivity contribution in [2.45, 2.75) is 78.6 Å². The first-order valence-electron chi connectivity index (χ1n) is 14.7. The summed E-state index contributed by atoms with van der Waals surface area (Å²) in [5.74, 6) is -0.937. The van der Waals surface area contributed by atoms with Gasteiger partial charge in [-0.3, -0.25) is 9.59 Å². The third-order valence-electron chi connectivity index (χ3n) is 11.2. The van der Waals surface area contributed by atoms with Gasteiger partial charge >= 0.3 is 5.97 Å². The fraction of sp³-hybridized carbons (Fsp3) is 0.581. The Balaban J connectivity index is 1.37. The molecule has 0 aliphatic heterocycles. The van der Waals surface area contributed by atoms with E-state index in [0.717, 1.165) is 19.3 Å². The van der Waals surface area contributed by atoms with Gasteiger partial charge in [-0.2, -0.15) is 5.10 Å². The molecule has 3 aliphatic carbocycles. The molecule has 3 saturated carbocycles. The summed E-state index contributed by atoms with van der Waals surface area (Å²) in [6.07, 6.45) is 5.07. The van der Waals surface area contributed by atoms with Crippen LogP contribution in [0, 0.1) is 34.0 Å². The molecule has 1 N–H and O–H groups in total. The summed E-state index contributed by atoms with van der Waals surface area (Å²) in [6, 6.07) is 6.50. The highest BCUT2D eigenvalue weighted by Gasteiger charge is 2.68. The van der Waals surface area contributed by atoms with E-state index >= 15 is 0 Å². The highest BCUT2D eigenvalue weighted by atomic mass is 16.5. The normalized spacial score (nSPS) is 36.2. The van der Waals surface area contributed by atoms with Crippen LogP contribution in [0.2, 0.25) is 0 Å². The highest BCUT2D eigenvalue weighted by molar-refractivity contribution is 5.89. The number of carbonyl (C=O) groups is 2. The SMILES string of the molecule is C=C[C@]1(C)C[C@@H](OC(=O)c2cccn(Cc3ccc4nnnn4n3)c2=O)[C@]2(C)C(C)CC[C@]3(CCC(=O)C32)[C@@H](C)[C@@H]1O. The Morgan fingerprint density at radius 2 is 2.00 bits per heavy atom. The molecule has 3 aliphatic rings. The van der Waals surface area contributed by atoms with Crippen molar-refractivity contribution >= 4 is 17.4 Å². The second-order valence-electron chi connectivity index (χ2n) is 13.2. The Labute approximate surface area is 244 Å². The van der Waals surface area contributed by atoms with Gasteiger partial charge in [0.05, 0.1) is 18.3 Å². The summed E-state index contributed by atoms with van der Waals surface area (Å²) in [7, 11) is 0. The number of fused-ring (bicyclic) bond motifs is 1. The molecule has 42 heavy (non-hydrogen) atoms. The predicted molar refractivity (Wildman–Crippen MR) is 152 cm³/mol. The third kappa shape index (κ3) is 4.07. The first-order chi connectivity index (χ1) is 19.9. The Kier molecular flexibility index (Phi) is 6.71. The van der Waals surface area contributed by atoms with Gasteiger partial charge in [-0.1, -0.05) is 33.8 Å². The summed E-state index contributed by atoms with van der Waals surface area (Å²) >= 11 is 0. The minimum Gasteiger partial charge on any atom is -0.458 e. The Morgan fingerprint density at radius 3 is 2.76 bits per heavy atom. The summed E-state index contributed by atoms with van der Waals surface area (Å²) < 4.78 is 8.99. The van der Waals surface area contributed by atoms with Crippen LogP contribution >= 0.6 is 0 Å². The molecule has 2 bridgehead atoms. The summed E-state index contributed by atoms with van der Waals surface area (Å²) in [4.78, 5) is 41.0. The molecule has 3 aromatic rings. The van der Waals surface area contributed by atoms with E-state index in [2.05, 4.69) is 48.0 Å². The molecule has 3 fully saturated rings. The standard InChI is InChI=1S/C31H38N6O5/c1-6-29(4)16-23(30(5)18(2)11-13-31(19(3)26(29)39)14-12-22(38)25(30)31)42-28(41)21-8-7-15-36(27(21)40)17-20-9-10-24-32-34-35-37(24)33-20/h6-10,15,18-19,23,25-26,39H,1,11-14,16-17H2,2-5H3/t18?,19-,23+,25?,26-,29+,30-,31-/m0/s1. The van der Waals surface area contributed by atoms with Crippen molar-refractivity contribution in [3.05, 3.63) is 64.7 Å². The molecule has 8 atom stereocenters. The Morgan fingerprint density at radius 1 is 1.21 bits per heavy atom. The molecule has 0 aromatic carbocycles. The zero-order valence-electron chi connectivity index (χ0n) is 24.6. The molecule has 3 aromatic heterocycles. The summed E-state index contributed by atoms with van der Waals surface area (Å²) in [5, 5.41) is 27.3. The number of ether oxygens (including phenoxy) is 1. The van der Waals surface area contributed by atoms with Crippen LogP contribution in [0.5, 0.6) is 0 Å². The van der Waals surface area contributed by atoms with Gasteiger partial charge in [0, 0.05) is 29.4 Å². The molecule has 2 unspecified atom stereocenters. The van der Waals surface area contributed by atoms with Crippen LogP contribution in [-0.2, 0) is 16.1 Å². The number of aliphatic hydroxyl groups is 1. The van der Waals surface area contributed by atoms with Gasteiger partial charge in [-0.05, 0) is 77.6 Å². The maximum atomic E-state index is 13.8. The summed E-state index contributed by atoms with van der Waals surface area (Å²) in [6.45, 7) is 12.4. The van der Waals surface area contributed by atoms with Crippen LogP contribution < -0.4 is 5.56 Å².